The Bertz CT molecular complexity index is 649. The van der Waals surface area contributed by atoms with Crippen LogP contribution in [0.25, 0.3) is 0 Å². The molecule has 0 heterocycles. The molecule has 0 saturated carbocycles. The SMILES string of the molecule is CSCC(C)N(C)S(=O)(=O)c1cc(C(=O)O)c(Cl)cc1Cl. The molecular formula is C12H15Cl2NO4S2. The number of carboxylic acid groups (broad SMARTS) is 1. The van der Waals surface area contributed by atoms with Crippen molar-refractivity contribution in [2.24, 2.45) is 0 Å². The van der Waals surface area contributed by atoms with Gasteiger partial charge in [0, 0.05) is 18.8 Å². The van der Waals surface area contributed by atoms with E-state index in [1.807, 2.05) is 6.26 Å². The van der Waals surface area contributed by atoms with E-state index in [1.54, 1.807) is 6.92 Å². The highest BCUT2D eigenvalue weighted by molar-refractivity contribution is 7.98. The van der Waals surface area contributed by atoms with Gasteiger partial charge in [-0.2, -0.15) is 16.1 Å². The van der Waals surface area contributed by atoms with Gasteiger partial charge in [-0.05, 0) is 25.3 Å². The average molecular weight is 372 g/mol. The number of aromatic carboxylic acids is 1. The Balaban J connectivity index is 3.38. The van der Waals surface area contributed by atoms with E-state index < -0.39 is 16.0 Å². The largest absolute Gasteiger partial charge is 0.478 e. The summed E-state index contributed by atoms with van der Waals surface area (Å²) < 4.78 is 26.3. The van der Waals surface area contributed by atoms with Crippen LogP contribution in [0.15, 0.2) is 17.0 Å². The molecular weight excluding hydrogens is 357 g/mol. The molecule has 0 fully saturated rings. The summed E-state index contributed by atoms with van der Waals surface area (Å²) in [5, 5.41) is 8.83. The van der Waals surface area contributed by atoms with E-state index in [4.69, 9.17) is 28.3 Å². The summed E-state index contributed by atoms with van der Waals surface area (Å²) in [4.78, 5) is 10.8. The van der Waals surface area contributed by atoms with Gasteiger partial charge in [0.2, 0.25) is 10.0 Å². The summed E-state index contributed by atoms with van der Waals surface area (Å²) in [7, 11) is -2.47. The summed E-state index contributed by atoms with van der Waals surface area (Å²) in [6, 6.07) is 1.86. The Kier molecular flexibility index (Phi) is 6.36. The van der Waals surface area contributed by atoms with Crippen LogP contribution in [0.4, 0.5) is 0 Å². The Morgan fingerprint density at radius 2 is 1.95 bits per heavy atom. The number of carbonyl (C=O) groups is 1. The minimum Gasteiger partial charge on any atom is -0.478 e. The van der Waals surface area contributed by atoms with Crippen molar-refractivity contribution in [3.63, 3.8) is 0 Å². The lowest BCUT2D eigenvalue weighted by Gasteiger charge is -2.24. The normalized spacial score (nSPS) is 13.4. The summed E-state index contributed by atoms with van der Waals surface area (Å²) in [6.45, 7) is 1.76. The van der Waals surface area contributed by atoms with Crippen LogP contribution in [0.1, 0.15) is 17.3 Å². The maximum atomic E-state index is 12.6. The zero-order chi connectivity index (χ0) is 16.4. The number of thioether (sulfide) groups is 1. The van der Waals surface area contributed by atoms with Crippen LogP contribution in [0.5, 0.6) is 0 Å². The fourth-order valence-electron chi connectivity index (χ4n) is 1.63. The molecule has 9 heteroatoms. The van der Waals surface area contributed by atoms with E-state index in [0.717, 1.165) is 12.1 Å². The summed E-state index contributed by atoms with van der Waals surface area (Å²) >= 11 is 13.2. The molecule has 0 amide bonds. The third-order valence-electron chi connectivity index (χ3n) is 2.94. The summed E-state index contributed by atoms with van der Waals surface area (Å²) in [5.74, 6) is -0.708. The van der Waals surface area contributed by atoms with Crippen molar-refractivity contribution in [2.75, 3.05) is 19.1 Å². The Morgan fingerprint density at radius 1 is 1.38 bits per heavy atom. The average Bonchev–Trinajstić information content (AvgIpc) is 2.37. The Morgan fingerprint density at radius 3 is 2.43 bits per heavy atom. The molecule has 0 aromatic heterocycles. The van der Waals surface area contributed by atoms with Crippen LogP contribution >= 0.6 is 35.0 Å². The Labute approximate surface area is 138 Å². The third kappa shape index (κ3) is 4.04. The lowest BCUT2D eigenvalue weighted by molar-refractivity contribution is 0.0697. The standard InChI is InChI=1S/C12H15Cl2NO4S2/c1-7(6-20-3)15(2)21(18,19)11-4-8(12(16)17)9(13)5-10(11)14/h4-5,7H,6H2,1-3H3,(H,16,17). The number of hydrogen-bond donors (Lipinski definition) is 1. The lowest BCUT2D eigenvalue weighted by Crippen LogP contribution is -2.36. The molecule has 1 aromatic carbocycles. The molecule has 118 valence electrons. The summed E-state index contributed by atoms with van der Waals surface area (Å²) in [5.41, 5.74) is -0.300. The number of halogens is 2. The van der Waals surface area contributed by atoms with E-state index in [0.29, 0.717) is 5.75 Å². The highest BCUT2D eigenvalue weighted by Gasteiger charge is 2.29. The van der Waals surface area contributed by atoms with E-state index in [9.17, 15) is 13.2 Å². The molecule has 0 aliphatic heterocycles. The quantitative estimate of drug-likeness (QED) is 0.831. The first-order valence-electron chi connectivity index (χ1n) is 5.82. The third-order valence-corrected chi connectivity index (χ3v) is 6.50. The number of hydrogen-bond acceptors (Lipinski definition) is 4. The molecule has 1 atom stereocenters. The van der Waals surface area contributed by atoms with Gasteiger partial charge >= 0.3 is 5.97 Å². The molecule has 1 unspecified atom stereocenters. The second-order valence-electron chi connectivity index (χ2n) is 4.39. The van der Waals surface area contributed by atoms with Gasteiger partial charge in [0.15, 0.2) is 0 Å². The maximum absolute atomic E-state index is 12.6. The van der Waals surface area contributed by atoms with Crippen molar-refractivity contribution in [3.8, 4) is 0 Å². The first-order valence-corrected chi connectivity index (χ1v) is 9.41. The van der Waals surface area contributed by atoms with Gasteiger partial charge in [0.05, 0.1) is 15.6 Å². The molecule has 0 radical (unpaired) electrons. The predicted molar refractivity (Wildman–Crippen MR) is 86.2 cm³/mol. The molecule has 5 nitrogen and oxygen atoms in total. The van der Waals surface area contributed by atoms with Crippen molar-refractivity contribution < 1.29 is 18.3 Å². The van der Waals surface area contributed by atoms with E-state index in [2.05, 4.69) is 0 Å². The minimum absolute atomic E-state index is 0.104. The van der Waals surface area contributed by atoms with Gasteiger partial charge in [0.25, 0.3) is 0 Å². The van der Waals surface area contributed by atoms with Crippen molar-refractivity contribution in [1.29, 1.82) is 0 Å². The highest BCUT2D eigenvalue weighted by Crippen LogP contribution is 2.31. The van der Waals surface area contributed by atoms with Crippen LogP contribution in [0, 0.1) is 0 Å². The van der Waals surface area contributed by atoms with Gasteiger partial charge in [-0.3, -0.25) is 0 Å². The monoisotopic (exact) mass is 371 g/mol. The molecule has 0 spiro atoms. The van der Waals surface area contributed by atoms with Gasteiger partial charge in [-0.25, -0.2) is 13.2 Å². The van der Waals surface area contributed by atoms with Crippen molar-refractivity contribution in [1.82, 2.24) is 4.31 Å². The zero-order valence-electron chi connectivity index (χ0n) is 11.6. The van der Waals surface area contributed by atoms with Gasteiger partial charge in [-0.15, -0.1) is 0 Å². The van der Waals surface area contributed by atoms with Crippen molar-refractivity contribution >= 4 is 51.0 Å². The van der Waals surface area contributed by atoms with Crippen LogP contribution < -0.4 is 0 Å². The van der Waals surface area contributed by atoms with Crippen molar-refractivity contribution in [2.45, 2.75) is 17.9 Å². The van der Waals surface area contributed by atoms with E-state index >= 15 is 0 Å². The fraction of sp³-hybridized carbons (Fsp3) is 0.417. The zero-order valence-corrected chi connectivity index (χ0v) is 14.8. The van der Waals surface area contributed by atoms with Crippen LogP contribution in [-0.4, -0.2) is 48.9 Å². The van der Waals surface area contributed by atoms with E-state index in [1.165, 1.54) is 23.1 Å². The molecule has 1 N–H and O–H groups in total. The molecule has 1 rings (SSSR count). The molecule has 1 aromatic rings. The van der Waals surface area contributed by atoms with E-state index in [-0.39, 0.29) is 26.5 Å². The molecule has 0 saturated heterocycles. The maximum Gasteiger partial charge on any atom is 0.337 e. The van der Waals surface area contributed by atoms with Crippen LogP contribution in [0.2, 0.25) is 10.0 Å². The number of carboxylic acids is 1. The molecule has 0 aliphatic rings. The highest BCUT2D eigenvalue weighted by atomic mass is 35.5. The first kappa shape index (κ1) is 18.6. The topological polar surface area (TPSA) is 74.7 Å². The first-order chi connectivity index (χ1) is 9.62. The molecule has 21 heavy (non-hydrogen) atoms. The van der Waals surface area contributed by atoms with Gasteiger partial charge < -0.3 is 5.11 Å². The number of benzene rings is 1. The summed E-state index contributed by atoms with van der Waals surface area (Å²) in [6.07, 6.45) is 1.87. The molecule has 0 aliphatic carbocycles. The smallest absolute Gasteiger partial charge is 0.337 e. The second-order valence-corrected chi connectivity index (χ2v) is 8.08. The number of rotatable bonds is 6. The molecule has 0 bridgehead atoms. The van der Waals surface area contributed by atoms with Crippen LogP contribution in [0.3, 0.4) is 0 Å². The van der Waals surface area contributed by atoms with Gasteiger partial charge in [0.1, 0.15) is 4.90 Å². The van der Waals surface area contributed by atoms with Gasteiger partial charge in [-0.1, -0.05) is 23.2 Å². The Hall–Kier alpha value is -0.470. The fourth-order valence-corrected chi connectivity index (χ4v) is 4.62. The van der Waals surface area contributed by atoms with Crippen LogP contribution in [-0.2, 0) is 10.0 Å². The lowest BCUT2D eigenvalue weighted by atomic mass is 10.2. The van der Waals surface area contributed by atoms with Crippen molar-refractivity contribution in [3.05, 3.63) is 27.7 Å². The predicted octanol–water partition coefficient (Wildman–Crippen LogP) is 3.06. The number of sulfonamides is 1. The number of nitrogens with zero attached hydrogens (tertiary/aromatic N) is 1. The second kappa shape index (κ2) is 7.19. The minimum atomic E-state index is -3.90.